The van der Waals surface area contributed by atoms with Crippen LogP contribution >= 0.6 is 0 Å². The summed E-state index contributed by atoms with van der Waals surface area (Å²) in [6.45, 7) is 9.51. The number of nitrogen functional groups attached to an aromatic ring is 1. The molecule has 1 aromatic carbocycles. The quantitative estimate of drug-likeness (QED) is 0.781. The van der Waals surface area contributed by atoms with E-state index >= 15 is 0 Å². The zero-order chi connectivity index (χ0) is 15.9. The van der Waals surface area contributed by atoms with E-state index in [0.29, 0.717) is 17.8 Å². The summed E-state index contributed by atoms with van der Waals surface area (Å²) in [7, 11) is 0. The van der Waals surface area contributed by atoms with E-state index in [-0.39, 0.29) is 12.0 Å². The Hall–Kier alpha value is -1.59. The maximum atomic E-state index is 12.4. The number of likely N-dealkylation sites (N-methyl/N-ethyl adjacent to an activating group) is 1. The van der Waals surface area contributed by atoms with Crippen LogP contribution in [0.1, 0.15) is 30.6 Å². The number of carbonyl (C=O) groups excluding carboxylic acids is 1. The molecule has 1 heterocycles. The lowest BCUT2D eigenvalue weighted by molar-refractivity contribution is 0.0420. The van der Waals surface area contributed by atoms with Gasteiger partial charge in [-0.15, -0.1) is 0 Å². The monoisotopic (exact) mass is 305 g/mol. The van der Waals surface area contributed by atoms with Gasteiger partial charge in [-0.2, -0.15) is 0 Å². The zero-order valence-electron chi connectivity index (χ0n) is 13.6. The molecule has 1 amide bonds. The molecular formula is C17H27N3O2. The summed E-state index contributed by atoms with van der Waals surface area (Å²) < 4.78 is 5.92. The van der Waals surface area contributed by atoms with Crippen molar-refractivity contribution in [2.24, 2.45) is 0 Å². The fourth-order valence-corrected chi connectivity index (χ4v) is 2.79. The Morgan fingerprint density at radius 2 is 2.18 bits per heavy atom. The third kappa shape index (κ3) is 4.45. The van der Waals surface area contributed by atoms with Crippen molar-refractivity contribution in [2.45, 2.75) is 26.4 Å². The molecule has 2 N–H and O–H groups in total. The molecule has 122 valence electrons. The summed E-state index contributed by atoms with van der Waals surface area (Å²) in [5, 5.41) is 0. The second kappa shape index (κ2) is 8.15. The summed E-state index contributed by atoms with van der Waals surface area (Å²) >= 11 is 0. The Labute approximate surface area is 133 Å². The van der Waals surface area contributed by atoms with E-state index in [4.69, 9.17) is 10.5 Å². The Morgan fingerprint density at radius 1 is 1.41 bits per heavy atom. The number of nitrogens with zero attached hydrogens (tertiary/aromatic N) is 2. The molecule has 0 saturated carbocycles. The number of likely N-dealkylation sites (tertiary alicyclic amines) is 1. The summed E-state index contributed by atoms with van der Waals surface area (Å²) in [6, 6.07) is 7.15. The van der Waals surface area contributed by atoms with Crippen LogP contribution < -0.4 is 5.73 Å². The highest BCUT2D eigenvalue weighted by Gasteiger charge is 2.27. The molecular weight excluding hydrogens is 278 g/mol. The Kier molecular flexibility index (Phi) is 6.21. The molecule has 1 atom stereocenters. The summed E-state index contributed by atoms with van der Waals surface area (Å²) in [5.41, 5.74) is 7.02. The fraction of sp³-hybridized carbons (Fsp3) is 0.588. The van der Waals surface area contributed by atoms with E-state index in [1.54, 1.807) is 12.1 Å². The van der Waals surface area contributed by atoms with Gasteiger partial charge in [-0.1, -0.05) is 19.9 Å². The highest BCUT2D eigenvalue weighted by Crippen LogP contribution is 2.17. The number of amides is 1. The van der Waals surface area contributed by atoms with Crippen LogP contribution in [0, 0.1) is 0 Å². The first-order chi connectivity index (χ1) is 10.6. The topological polar surface area (TPSA) is 58.8 Å². The van der Waals surface area contributed by atoms with Gasteiger partial charge in [0.25, 0.3) is 5.91 Å². The molecule has 5 heteroatoms. The van der Waals surface area contributed by atoms with E-state index in [1.165, 1.54) is 0 Å². The van der Waals surface area contributed by atoms with Crippen molar-refractivity contribution in [3.05, 3.63) is 29.8 Å². The number of carbonyl (C=O) groups is 1. The molecule has 2 rings (SSSR count). The van der Waals surface area contributed by atoms with E-state index in [9.17, 15) is 4.79 Å². The van der Waals surface area contributed by atoms with Gasteiger partial charge in [0.2, 0.25) is 0 Å². The molecule has 1 aliphatic heterocycles. The van der Waals surface area contributed by atoms with Crippen LogP contribution in [0.15, 0.2) is 24.3 Å². The second-order valence-electron chi connectivity index (χ2n) is 5.68. The Morgan fingerprint density at radius 3 is 2.86 bits per heavy atom. The predicted octanol–water partition coefficient (Wildman–Crippen LogP) is 1.84. The first-order valence-corrected chi connectivity index (χ1v) is 8.12. The zero-order valence-corrected chi connectivity index (χ0v) is 13.6. The van der Waals surface area contributed by atoms with Gasteiger partial charge in [0.15, 0.2) is 0 Å². The molecule has 0 radical (unpaired) electrons. The number of hydrogen-bond donors (Lipinski definition) is 1. The van der Waals surface area contributed by atoms with Gasteiger partial charge in [-0.05, 0) is 37.7 Å². The minimum atomic E-state index is 0.0437. The van der Waals surface area contributed by atoms with Crippen LogP contribution in [0.5, 0.6) is 0 Å². The van der Waals surface area contributed by atoms with Crippen LogP contribution in [0.3, 0.4) is 0 Å². The van der Waals surface area contributed by atoms with Crippen LogP contribution in [0.25, 0.3) is 0 Å². The molecule has 0 aromatic heterocycles. The molecule has 0 spiro atoms. The summed E-state index contributed by atoms with van der Waals surface area (Å²) in [6.07, 6.45) is 1.06. The van der Waals surface area contributed by atoms with Gasteiger partial charge in [0, 0.05) is 30.9 Å². The van der Waals surface area contributed by atoms with Gasteiger partial charge >= 0.3 is 0 Å². The van der Waals surface area contributed by atoms with Crippen molar-refractivity contribution >= 4 is 11.6 Å². The highest BCUT2D eigenvalue weighted by molar-refractivity contribution is 5.95. The molecule has 22 heavy (non-hydrogen) atoms. The molecule has 1 aliphatic rings. The Bertz CT molecular complexity index is 489. The average Bonchev–Trinajstić information content (AvgIpc) is 2.99. The second-order valence-corrected chi connectivity index (χ2v) is 5.68. The number of ether oxygens (including phenoxy) is 1. The average molecular weight is 305 g/mol. The van der Waals surface area contributed by atoms with Crippen LogP contribution in [-0.4, -0.2) is 61.1 Å². The molecule has 5 nitrogen and oxygen atoms in total. The normalized spacial score (nSPS) is 18.1. The van der Waals surface area contributed by atoms with Gasteiger partial charge in [-0.25, -0.2) is 0 Å². The van der Waals surface area contributed by atoms with Crippen molar-refractivity contribution < 1.29 is 9.53 Å². The SMILES string of the molecule is CCN(CC)CCOC1CCN(C(=O)c2cccc(N)c2)C1. The minimum Gasteiger partial charge on any atom is -0.399 e. The highest BCUT2D eigenvalue weighted by atomic mass is 16.5. The number of rotatable bonds is 7. The molecule has 1 saturated heterocycles. The molecule has 0 bridgehead atoms. The van der Waals surface area contributed by atoms with Crippen molar-refractivity contribution in [3.8, 4) is 0 Å². The molecule has 1 aromatic rings. The maximum absolute atomic E-state index is 12.4. The van der Waals surface area contributed by atoms with Crippen molar-refractivity contribution in [3.63, 3.8) is 0 Å². The number of nitrogens with two attached hydrogens (primary N) is 1. The Balaban J connectivity index is 1.79. The van der Waals surface area contributed by atoms with Gasteiger partial charge in [0.1, 0.15) is 0 Å². The minimum absolute atomic E-state index is 0.0437. The lowest BCUT2D eigenvalue weighted by Crippen LogP contribution is -2.32. The molecule has 0 aliphatic carbocycles. The number of hydrogen-bond acceptors (Lipinski definition) is 4. The maximum Gasteiger partial charge on any atom is 0.254 e. The van der Waals surface area contributed by atoms with Crippen molar-refractivity contribution in [1.82, 2.24) is 9.80 Å². The van der Waals surface area contributed by atoms with Crippen molar-refractivity contribution in [1.29, 1.82) is 0 Å². The third-order valence-corrected chi connectivity index (χ3v) is 4.22. The third-order valence-electron chi connectivity index (χ3n) is 4.22. The van der Waals surface area contributed by atoms with Crippen molar-refractivity contribution in [2.75, 3.05) is 45.1 Å². The standard InChI is InChI=1S/C17H27N3O2/c1-3-19(4-2)10-11-22-16-8-9-20(13-16)17(21)14-6-5-7-15(18)12-14/h5-7,12,16H,3-4,8-11,13,18H2,1-2H3. The van der Waals surface area contributed by atoms with Crippen LogP contribution in [0.4, 0.5) is 5.69 Å². The predicted molar refractivity (Wildman–Crippen MR) is 88.9 cm³/mol. The van der Waals surface area contributed by atoms with E-state index in [0.717, 1.165) is 39.2 Å². The molecule has 1 fully saturated rings. The van der Waals surface area contributed by atoms with E-state index in [1.807, 2.05) is 17.0 Å². The number of anilines is 1. The largest absolute Gasteiger partial charge is 0.399 e. The van der Waals surface area contributed by atoms with Gasteiger partial charge in [-0.3, -0.25) is 4.79 Å². The van der Waals surface area contributed by atoms with E-state index in [2.05, 4.69) is 18.7 Å². The first-order valence-electron chi connectivity index (χ1n) is 8.12. The van der Waals surface area contributed by atoms with Crippen LogP contribution in [-0.2, 0) is 4.74 Å². The van der Waals surface area contributed by atoms with Gasteiger partial charge < -0.3 is 20.3 Å². The summed E-state index contributed by atoms with van der Waals surface area (Å²) in [4.78, 5) is 16.6. The smallest absolute Gasteiger partial charge is 0.254 e. The lowest BCUT2D eigenvalue weighted by Gasteiger charge is -2.20. The fourth-order valence-electron chi connectivity index (χ4n) is 2.79. The van der Waals surface area contributed by atoms with Gasteiger partial charge in [0.05, 0.1) is 12.7 Å². The number of benzene rings is 1. The first kappa shape index (κ1) is 16.8. The summed E-state index contributed by atoms with van der Waals surface area (Å²) in [5.74, 6) is 0.0437. The molecule has 1 unspecified atom stereocenters. The van der Waals surface area contributed by atoms with Crippen LogP contribution in [0.2, 0.25) is 0 Å². The lowest BCUT2D eigenvalue weighted by atomic mass is 10.2. The van der Waals surface area contributed by atoms with E-state index < -0.39 is 0 Å².